The molecule has 0 spiro atoms. The molecule has 0 bridgehead atoms. The molecule has 1 aromatic rings. The number of phenols is 1. The van der Waals surface area contributed by atoms with Crippen LogP contribution >= 0.6 is 0 Å². The smallest absolute Gasteiger partial charge is 0.311 e. The Morgan fingerprint density at radius 3 is 3.00 bits per heavy atom. The van der Waals surface area contributed by atoms with Crippen LogP contribution in [-0.2, 0) is 4.79 Å². The van der Waals surface area contributed by atoms with Crippen molar-refractivity contribution in [3.63, 3.8) is 0 Å². The summed E-state index contributed by atoms with van der Waals surface area (Å²) in [7, 11) is 0. The molecule has 1 aromatic carbocycles. The van der Waals surface area contributed by atoms with Gasteiger partial charge in [0.1, 0.15) is 0 Å². The normalized spacial score (nSPS) is 19.9. The van der Waals surface area contributed by atoms with Gasteiger partial charge in [-0.15, -0.1) is 0 Å². The van der Waals surface area contributed by atoms with E-state index in [1.165, 1.54) is 6.07 Å². The standard InChI is InChI=1S/C13H17NO3/c15-11-5-1-2-6-12(11)17-13(16)8-10-4-3-7-14-9-10/h1-2,5-6,10,14-15H,3-4,7-9H2. The van der Waals surface area contributed by atoms with E-state index in [4.69, 9.17) is 4.74 Å². The Kier molecular flexibility index (Phi) is 3.98. The lowest BCUT2D eigenvalue weighted by molar-refractivity contribution is -0.135. The molecule has 0 amide bonds. The minimum atomic E-state index is -0.278. The van der Waals surface area contributed by atoms with E-state index in [1.807, 2.05) is 0 Å². The quantitative estimate of drug-likeness (QED) is 0.618. The van der Waals surface area contributed by atoms with Crippen LogP contribution in [0.5, 0.6) is 11.5 Å². The fourth-order valence-electron chi connectivity index (χ4n) is 2.04. The number of ether oxygens (including phenoxy) is 1. The highest BCUT2D eigenvalue weighted by molar-refractivity contribution is 5.73. The van der Waals surface area contributed by atoms with Crippen LogP contribution in [-0.4, -0.2) is 24.2 Å². The molecule has 1 aliphatic heterocycles. The van der Waals surface area contributed by atoms with Crippen LogP contribution in [0.25, 0.3) is 0 Å². The number of nitrogens with one attached hydrogen (secondary N) is 1. The minimum Gasteiger partial charge on any atom is -0.504 e. The number of hydrogen-bond acceptors (Lipinski definition) is 4. The summed E-state index contributed by atoms with van der Waals surface area (Å²) >= 11 is 0. The number of rotatable bonds is 3. The third-order valence-electron chi connectivity index (χ3n) is 2.94. The van der Waals surface area contributed by atoms with Crippen molar-refractivity contribution in [1.29, 1.82) is 0 Å². The van der Waals surface area contributed by atoms with Gasteiger partial charge in [-0.3, -0.25) is 4.79 Å². The Morgan fingerprint density at radius 1 is 1.47 bits per heavy atom. The number of benzene rings is 1. The first-order chi connectivity index (χ1) is 8.25. The van der Waals surface area contributed by atoms with Crippen LogP contribution in [0.4, 0.5) is 0 Å². The first-order valence-electron chi connectivity index (χ1n) is 5.95. The Hall–Kier alpha value is -1.55. The summed E-state index contributed by atoms with van der Waals surface area (Å²) in [5.41, 5.74) is 0. The number of phenolic OH excluding ortho intramolecular Hbond substituents is 1. The van der Waals surface area contributed by atoms with Crippen LogP contribution < -0.4 is 10.1 Å². The SMILES string of the molecule is O=C(CC1CCCNC1)Oc1ccccc1O. The Balaban J connectivity index is 1.86. The summed E-state index contributed by atoms with van der Waals surface area (Å²) in [5, 5.41) is 12.7. The Bertz CT molecular complexity index is 386. The number of carbonyl (C=O) groups excluding carboxylic acids is 1. The van der Waals surface area contributed by atoms with Crippen LogP contribution in [0.3, 0.4) is 0 Å². The summed E-state index contributed by atoms with van der Waals surface area (Å²) < 4.78 is 5.13. The lowest BCUT2D eigenvalue weighted by Gasteiger charge is -2.21. The van der Waals surface area contributed by atoms with Crippen molar-refractivity contribution in [3.8, 4) is 11.5 Å². The van der Waals surface area contributed by atoms with Gasteiger partial charge >= 0.3 is 5.97 Å². The molecule has 0 aliphatic carbocycles. The van der Waals surface area contributed by atoms with E-state index < -0.39 is 0 Å². The molecule has 2 rings (SSSR count). The summed E-state index contributed by atoms with van der Waals surface area (Å²) in [5.74, 6) is 0.311. The number of para-hydroxylation sites is 2. The van der Waals surface area contributed by atoms with Gasteiger partial charge in [0.05, 0.1) is 0 Å². The van der Waals surface area contributed by atoms with Gasteiger partial charge in [0.2, 0.25) is 0 Å². The third kappa shape index (κ3) is 3.46. The fraction of sp³-hybridized carbons (Fsp3) is 0.462. The van der Waals surface area contributed by atoms with E-state index in [0.29, 0.717) is 12.3 Å². The molecule has 1 heterocycles. The van der Waals surface area contributed by atoms with Gasteiger partial charge in [-0.2, -0.15) is 0 Å². The summed E-state index contributed by atoms with van der Waals surface area (Å²) in [6.45, 7) is 1.90. The average Bonchev–Trinajstić information content (AvgIpc) is 2.33. The van der Waals surface area contributed by atoms with Crippen molar-refractivity contribution in [2.24, 2.45) is 5.92 Å². The van der Waals surface area contributed by atoms with E-state index in [-0.39, 0.29) is 17.5 Å². The summed E-state index contributed by atoms with van der Waals surface area (Å²) in [4.78, 5) is 11.7. The van der Waals surface area contributed by atoms with Gasteiger partial charge in [-0.05, 0) is 44.0 Å². The molecule has 0 aromatic heterocycles. The average molecular weight is 235 g/mol. The maximum atomic E-state index is 11.7. The monoisotopic (exact) mass is 235 g/mol. The predicted molar refractivity (Wildman–Crippen MR) is 64.0 cm³/mol. The number of esters is 1. The number of piperidine rings is 1. The molecular weight excluding hydrogens is 218 g/mol. The second-order valence-corrected chi connectivity index (χ2v) is 4.36. The number of aromatic hydroxyl groups is 1. The van der Waals surface area contributed by atoms with Gasteiger partial charge in [-0.1, -0.05) is 12.1 Å². The molecule has 0 radical (unpaired) electrons. The van der Waals surface area contributed by atoms with Gasteiger partial charge < -0.3 is 15.2 Å². The van der Waals surface area contributed by atoms with E-state index >= 15 is 0 Å². The van der Waals surface area contributed by atoms with Crippen LogP contribution in [0, 0.1) is 5.92 Å². The molecule has 1 fully saturated rings. The zero-order valence-electron chi connectivity index (χ0n) is 9.69. The molecule has 92 valence electrons. The summed E-state index contributed by atoms with van der Waals surface area (Å²) in [6, 6.07) is 6.51. The molecule has 1 unspecified atom stereocenters. The van der Waals surface area contributed by atoms with E-state index in [1.54, 1.807) is 18.2 Å². The lowest BCUT2D eigenvalue weighted by atomic mass is 9.96. The number of hydrogen-bond donors (Lipinski definition) is 2. The molecular formula is C13H17NO3. The molecule has 2 N–H and O–H groups in total. The largest absolute Gasteiger partial charge is 0.504 e. The maximum absolute atomic E-state index is 11.7. The molecule has 17 heavy (non-hydrogen) atoms. The Morgan fingerprint density at radius 2 is 2.29 bits per heavy atom. The zero-order chi connectivity index (χ0) is 12.1. The number of carbonyl (C=O) groups is 1. The topological polar surface area (TPSA) is 58.6 Å². The third-order valence-corrected chi connectivity index (χ3v) is 2.94. The maximum Gasteiger partial charge on any atom is 0.311 e. The van der Waals surface area contributed by atoms with E-state index in [2.05, 4.69) is 5.32 Å². The first kappa shape index (κ1) is 11.9. The van der Waals surface area contributed by atoms with Gasteiger partial charge in [0.25, 0.3) is 0 Å². The highest BCUT2D eigenvalue weighted by Gasteiger charge is 2.18. The highest BCUT2D eigenvalue weighted by atomic mass is 16.5. The predicted octanol–water partition coefficient (Wildman–Crippen LogP) is 1.69. The molecule has 1 aliphatic rings. The molecule has 1 atom stereocenters. The van der Waals surface area contributed by atoms with Crippen molar-refractivity contribution in [2.45, 2.75) is 19.3 Å². The minimum absolute atomic E-state index is 0.00243. The van der Waals surface area contributed by atoms with Crippen molar-refractivity contribution in [2.75, 3.05) is 13.1 Å². The summed E-state index contributed by atoms with van der Waals surface area (Å²) in [6.07, 6.45) is 2.57. The van der Waals surface area contributed by atoms with Crippen molar-refractivity contribution >= 4 is 5.97 Å². The van der Waals surface area contributed by atoms with E-state index in [9.17, 15) is 9.90 Å². The van der Waals surface area contributed by atoms with Gasteiger partial charge in [-0.25, -0.2) is 0 Å². The molecule has 1 saturated heterocycles. The second-order valence-electron chi connectivity index (χ2n) is 4.36. The van der Waals surface area contributed by atoms with Crippen LogP contribution in [0.1, 0.15) is 19.3 Å². The highest BCUT2D eigenvalue weighted by Crippen LogP contribution is 2.25. The fourth-order valence-corrected chi connectivity index (χ4v) is 2.04. The van der Waals surface area contributed by atoms with Gasteiger partial charge in [0, 0.05) is 6.42 Å². The zero-order valence-corrected chi connectivity index (χ0v) is 9.69. The van der Waals surface area contributed by atoms with Crippen molar-refractivity contribution in [1.82, 2.24) is 5.32 Å². The lowest BCUT2D eigenvalue weighted by Crippen LogP contribution is -2.31. The van der Waals surface area contributed by atoms with Crippen LogP contribution in [0.2, 0.25) is 0 Å². The Labute approximate surface area is 101 Å². The van der Waals surface area contributed by atoms with Gasteiger partial charge in [0.15, 0.2) is 11.5 Å². The molecule has 4 heteroatoms. The van der Waals surface area contributed by atoms with E-state index in [0.717, 1.165) is 25.9 Å². The van der Waals surface area contributed by atoms with Crippen LogP contribution in [0.15, 0.2) is 24.3 Å². The van der Waals surface area contributed by atoms with Crippen molar-refractivity contribution < 1.29 is 14.6 Å². The first-order valence-corrected chi connectivity index (χ1v) is 5.95. The molecule has 4 nitrogen and oxygen atoms in total. The molecule has 0 saturated carbocycles. The van der Waals surface area contributed by atoms with Crippen molar-refractivity contribution in [3.05, 3.63) is 24.3 Å². The second kappa shape index (κ2) is 5.68.